The predicted octanol–water partition coefficient (Wildman–Crippen LogP) is -0.0865. The van der Waals surface area contributed by atoms with Crippen LogP contribution in [-0.2, 0) is 4.74 Å². The second-order valence-corrected chi connectivity index (χ2v) is 4.50. The van der Waals surface area contributed by atoms with Gasteiger partial charge in [-0.15, -0.1) is 0 Å². The molecule has 5 heteroatoms. The summed E-state index contributed by atoms with van der Waals surface area (Å²) in [6, 6.07) is 2.38. The molecule has 0 radical (unpaired) electrons. The summed E-state index contributed by atoms with van der Waals surface area (Å²) < 4.78 is 4.91. The summed E-state index contributed by atoms with van der Waals surface area (Å²) in [4.78, 5) is 4.45. The number of nitrogens with zero attached hydrogens (tertiary/aromatic N) is 3. The zero-order valence-corrected chi connectivity index (χ0v) is 10.8. The van der Waals surface area contributed by atoms with Gasteiger partial charge in [-0.2, -0.15) is 5.26 Å². The molecule has 1 fully saturated rings. The van der Waals surface area contributed by atoms with Gasteiger partial charge in [0.1, 0.15) is 0 Å². The third-order valence-corrected chi connectivity index (χ3v) is 3.21. The number of methoxy groups -OCH3 is 1. The molecule has 1 heterocycles. The van der Waals surface area contributed by atoms with Gasteiger partial charge in [-0.25, -0.2) is 0 Å². The normalized spacial score (nSPS) is 22.0. The van der Waals surface area contributed by atoms with Crippen molar-refractivity contribution in [3.63, 3.8) is 0 Å². The van der Waals surface area contributed by atoms with Gasteiger partial charge in [0.2, 0.25) is 0 Å². The van der Waals surface area contributed by atoms with E-state index in [1.807, 2.05) is 6.92 Å². The van der Waals surface area contributed by atoms with E-state index in [1.54, 1.807) is 7.11 Å². The molecule has 0 spiro atoms. The second-order valence-electron chi connectivity index (χ2n) is 4.50. The summed E-state index contributed by atoms with van der Waals surface area (Å²) in [5.41, 5.74) is 0. The molecule has 17 heavy (non-hydrogen) atoms. The first kappa shape index (κ1) is 14.4. The standard InChI is InChI=1S/C12H23N3O2/c1-3-11(8-13)15-6-4-14(5-7-15)9-12(16)10-17-2/h11-12,16H,3-7,9-10H2,1-2H3. The summed E-state index contributed by atoms with van der Waals surface area (Å²) in [5.74, 6) is 0. The highest BCUT2D eigenvalue weighted by atomic mass is 16.5. The SMILES string of the molecule is CCC(C#N)N1CCN(CC(O)COC)CC1. The van der Waals surface area contributed by atoms with Gasteiger partial charge in [0.15, 0.2) is 0 Å². The lowest BCUT2D eigenvalue weighted by Crippen LogP contribution is -2.51. The highest BCUT2D eigenvalue weighted by Crippen LogP contribution is 2.09. The molecule has 0 aromatic rings. The van der Waals surface area contributed by atoms with Gasteiger partial charge in [-0.3, -0.25) is 9.80 Å². The fourth-order valence-electron chi connectivity index (χ4n) is 2.23. The third-order valence-electron chi connectivity index (χ3n) is 3.21. The van der Waals surface area contributed by atoms with Crippen LogP contribution in [0, 0.1) is 11.3 Å². The first-order chi connectivity index (χ1) is 8.21. The van der Waals surface area contributed by atoms with Gasteiger partial charge in [-0.1, -0.05) is 6.92 Å². The van der Waals surface area contributed by atoms with E-state index in [9.17, 15) is 5.11 Å². The zero-order valence-electron chi connectivity index (χ0n) is 10.8. The highest BCUT2D eigenvalue weighted by molar-refractivity contribution is 4.92. The van der Waals surface area contributed by atoms with Gasteiger partial charge in [0.25, 0.3) is 0 Å². The topological polar surface area (TPSA) is 59.7 Å². The van der Waals surface area contributed by atoms with Gasteiger partial charge in [-0.05, 0) is 6.42 Å². The first-order valence-corrected chi connectivity index (χ1v) is 6.24. The average molecular weight is 241 g/mol. The number of ether oxygens (including phenoxy) is 1. The van der Waals surface area contributed by atoms with Crippen molar-refractivity contribution in [3.8, 4) is 6.07 Å². The van der Waals surface area contributed by atoms with Crippen LogP contribution in [0.2, 0.25) is 0 Å². The number of aliphatic hydroxyl groups excluding tert-OH is 1. The Balaban J connectivity index is 2.28. The minimum Gasteiger partial charge on any atom is -0.389 e. The molecule has 98 valence electrons. The molecule has 5 nitrogen and oxygen atoms in total. The van der Waals surface area contributed by atoms with E-state index >= 15 is 0 Å². The Labute approximate surface area is 104 Å². The Kier molecular flexibility index (Phi) is 6.45. The molecular formula is C12H23N3O2. The lowest BCUT2D eigenvalue weighted by molar-refractivity contribution is 0.0210. The maximum absolute atomic E-state index is 9.64. The molecule has 1 aliphatic heterocycles. The van der Waals surface area contributed by atoms with E-state index in [4.69, 9.17) is 10.00 Å². The Hall–Kier alpha value is -0.670. The Morgan fingerprint density at radius 1 is 1.35 bits per heavy atom. The fourth-order valence-corrected chi connectivity index (χ4v) is 2.23. The summed E-state index contributed by atoms with van der Waals surface area (Å²) in [7, 11) is 1.60. The Bertz CT molecular complexity index is 247. The van der Waals surface area contributed by atoms with E-state index in [1.165, 1.54) is 0 Å². The first-order valence-electron chi connectivity index (χ1n) is 6.24. The summed E-state index contributed by atoms with van der Waals surface area (Å²) in [6.07, 6.45) is 0.465. The zero-order chi connectivity index (χ0) is 12.7. The van der Waals surface area contributed by atoms with E-state index in [0.29, 0.717) is 13.2 Å². The van der Waals surface area contributed by atoms with Crippen LogP contribution < -0.4 is 0 Å². The maximum Gasteiger partial charge on any atom is 0.0976 e. The summed E-state index contributed by atoms with van der Waals surface area (Å²) in [5, 5.41) is 18.6. The van der Waals surface area contributed by atoms with Crippen LogP contribution in [0.1, 0.15) is 13.3 Å². The summed E-state index contributed by atoms with van der Waals surface area (Å²) in [6.45, 7) is 6.74. The van der Waals surface area contributed by atoms with Crippen LogP contribution in [0.15, 0.2) is 0 Å². The van der Waals surface area contributed by atoms with Crippen LogP contribution >= 0.6 is 0 Å². The van der Waals surface area contributed by atoms with Crippen LogP contribution in [0.3, 0.4) is 0 Å². The molecule has 0 saturated carbocycles. The van der Waals surface area contributed by atoms with Crippen molar-refractivity contribution in [1.82, 2.24) is 9.80 Å². The minimum atomic E-state index is -0.413. The van der Waals surface area contributed by atoms with Crippen molar-refractivity contribution in [2.24, 2.45) is 0 Å². The van der Waals surface area contributed by atoms with E-state index in [2.05, 4.69) is 15.9 Å². The molecule has 1 N–H and O–H groups in total. The van der Waals surface area contributed by atoms with Gasteiger partial charge < -0.3 is 9.84 Å². The van der Waals surface area contributed by atoms with Gasteiger partial charge in [0.05, 0.1) is 24.8 Å². The molecule has 1 rings (SSSR count). The number of nitriles is 1. The van der Waals surface area contributed by atoms with Crippen molar-refractivity contribution >= 4 is 0 Å². The largest absolute Gasteiger partial charge is 0.389 e. The molecule has 0 bridgehead atoms. The van der Waals surface area contributed by atoms with E-state index < -0.39 is 6.10 Å². The maximum atomic E-state index is 9.64. The lowest BCUT2D eigenvalue weighted by Gasteiger charge is -2.37. The van der Waals surface area contributed by atoms with Crippen molar-refractivity contribution in [2.75, 3.05) is 46.4 Å². The molecule has 2 atom stereocenters. The van der Waals surface area contributed by atoms with Gasteiger partial charge in [0, 0.05) is 39.8 Å². The third kappa shape index (κ3) is 4.60. The number of β-amino-alcohol motifs (C(OH)–C–C–N with tert-alkyl or cyclic N) is 1. The molecule has 0 aliphatic carbocycles. The number of rotatable bonds is 6. The van der Waals surface area contributed by atoms with Crippen molar-refractivity contribution in [3.05, 3.63) is 0 Å². The number of piperazine rings is 1. The highest BCUT2D eigenvalue weighted by Gasteiger charge is 2.23. The van der Waals surface area contributed by atoms with Crippen molar-refractivity contribution < 1.29 is 9.84 Å². The average Bonchev–Trinajstić information content (AvgIpc) is 2.33. The van der Waals surface area contributed by atoms with E-state index in [0.717, 1.165) is 32.6 Å². The Morgan fingerprint density at radius 2 is 2.00 bits per heavy atom. The smallest absolute Gasteiger partial charge is 0.0976 e. The molecule has 0 aromatic carbocycles. The van der Waals surface area contributed by atoms with Crippen molar-refractivity contribution in [1.29, 1.82) is 5.26 Å². The molecule has 0 amide bonds. The fraction of sp³-hybridized carbons (Fsp3) is 0.917. The molecule has 1 aliphatic rings. The molecule has 2 unspecified atom stereocenters. The minimum absolute atomic E-state index is 0.0426. The van der Waals surface area contributed by atoms with Crippen LogP contribution in [0.5, 0.6) is 0 Å². The number of hydrogen-bond donors (Lipinski definition) is 1. The van der Waals surface area contributed by atoms with Crippen LogP contribution in [-0.4, -0.2) is 73.5 Å². The number of hydrogen-bond acceptors (Lipinski definition) is 5. The van der Waals surface area contributed by atoms with Crippen LogP contribution in [0.4, 0.5) is 0 Å². The van der Waals surface area contributed by atoms with E-state index in [-0.39, 0.29) is 6.04 Å². The quantitative estimate of drug-likeness (QED) is 0.704. The second kappa shape index (κ2) is 7.62. The van der Waals surface area contributed by atoms with Crippen LogP contribution in [0.25, 0.3) is 0 Å². The predicted molar refractivity (Wildman–Crippen MR) is 65.6 cm³/mol. The number of aliphatic hydroxyl groups is 1. The molecule has 1 saturated heterocycles. The summed E-state index contributed by atoms with van der Waals surface area (Å²) >= 11 is 0. The lowest BCUT2D eigenvalue weighted by atomic mass is 10.2. The monoisotopic (exact) mass is 241 g/mol. The van der Waals surface area contributed by atoms with Crippen molar-refractivity contribution in [2.45, 2.75) is 25.5 Å². The van der Waals surface area contributed by atoms with Gasteiger partial charge >= 0.3 is 0 Å². The Morgan fingerprint density at radius 3 is 2.47 bits per heavy atom. The molecule has 0 aromatic heterocycles. The molecular weight excluding hydrogens is 218 g/mol.